The maximum absolute atomic E-state index is 6.13. The Kier molecular flexibility index (Phi) is 2.48. The molecule has 3 aromatic rings. The molecule has 1 aliphatic carbocycles. The molecule has 0 saturated heterocycles. The maximum atomic E-state index is 6.13. The largest absolute Gasteiger partial charge is 0.384 e. The molecule has 0 spiro atoms. The lowest BCUT2D eigenvalue weighted by Gasteiger charge is -2.10. The summed E-state index contributed by atoms with van der Waals surface area (Å²) < 4.78 is 1.70. The lowest BCUT2D eigenvalue weighted by Crippen LogP contribution is -2.05. The van der Waals surface area contributed by atoms with E-state index in [1.807, 2.05) is 12.3 Å². The molecular formula is C14H16N6. The molecule has 0 amide bonds. The minimum atomic E-state index is 0.536. The topological polar surface area (TPSA) is 84.9 Å². The van der Waals surface area contributed by atoms with Crippen LogP contribution < -0.4 is 5.73 Å². The first-order valence-electron chi connectivity index (χ1n) is 6.96. The van der Waals surface area contributed by atoms with Crippen molar-refractivity contribution >= 4 is 11.5 Å². The summed E-state index contributed by atoms with van der Waals surface area (Å²) in [6.07, 6.45) is 10.4. The number of anilines is 1. The third kappa shape index (κ3) is 1.68. The van der Waals surface area contributed by atoms with Gasteiger partial charge < -0.3 is 5.73 Å². The molecule has 102 valence electrons. The van der Waals surface area contributed by atoms with E-state index in [9.17, 15) is 0 Å². The van der Waals surface area contributed by atoms with Crippen molar-refractivity contribution in [2.24, 2.45) is 0 Å². The molecule has 0 aliphatic heterocycles. The van der Waals surface area contributed by atoms with E-state index in [-0.39, 0.29) is 0 Å². The normalized spacial score (nSPS) is 16.2. The highest BCUT2D eigenvalue weighted by atomic mass is 15.3. The Balaban J connectivity index is 1.90. The molecule has 3 heterocycles. The number of nitrogens with two attached hydrogens (primary N) is 1. The van der Waals surface area contributed by atoms with Gasteiger partial charge >= 0.3 is 0 Å². The Morgan fingerprint density at radius 2 is 2.10 bits per heavy atom. The van der Waals surface area contributed by atoms with Crippen molar-refractivity contribution in [1.29, 1.82) is 0 Å². The van der Waals surface area contributed by atoms with Crippen LogP contribution in [0.5, 0.6) is 0 Å². The molecule has 0 radical (unpaired) electrons. The van der Waals surface area contributed by atoms with Crippen LogP contribution >= 0.6 is 0 Å². The van der Waals surface area contributed by atoms with Gasteiger partial charge in [-0.3, -0.25) is 5.10 Å². The third-order valence-corrected chi connectivity index (χ3v) is 4.10. The Labute approximate surface area is 116 Å². The number of hydrogen-bond donors (Lipinski definition) is 2. The molecule has 0 atom stereocenters. The summed E-state index contributed by atoms with van der Waals surface area (Å²) >= 11 is 0. The van der Waals surface area contributed by atoms with Crippen LogP contribution in [-0.2, 0) is 0 Å². The summed E-state index contributed by atoms with van der Waals surface area (Å²) in [5, 5.41) is 11.1. The predicted octanol–water partition coefficient (Wildman–Crippen LogP) is 2.36. The minimum Gasteiger partial charge on any atom is -0.384 e. The SMILES string of the molecule is Nc1cc(C2CCCC2)nc2c(-c3cn[nH]c3)cnn12. The molecule has 0 aromatic carbocycles. The lowest BCUT2D eigenvalue weighted by atomic mass is 10.0. The summed E-state index contributed by atoms with van der Waals surface area (Å²) in [6.45, 7) is 0. The number of rotatable bonds is 2. The van der Waals surface area contributed by atoms with Crippen LogP contribution in [0.2, 0.25) is 0 Å². The van der Waals surface area contributed by atoms with Crippen LogP contribution in [0.3, 0.4) is 0 Å². The zero-order chi connectivity index (χ0) is 13.5. The van der Waals surface area contributed by atoms with Crippen molar-refractivity contribution < 1.29 is 0 Å². The van der Waals surface area contributed by atoms with E-state index in [0.717, 1.165) is 22.5 Å². The summed E-state index contributed by atoms with van der Waals surface area (Å²) in [7, 11) is 0. The van der Waals surface area contributed by atoms with E-state index in [4.69, 9.17) is 10.7 Å². The van der Waals surface area contributed by atoms with Gasteiger partial charge in [-0.2, -0.15) is 14.7 Å². The number of aromatic amines is 1. The first-order chi connectivity index (χ1) is 9.83. The smallest absolute Gasteiger partial charge is 0.165 e. The van der Waals surface area contributed by atoms with Crippen molar-refractivity contribution in [3.63, 3.8) is 0 Å². The maximum Gasteiger partial charge on any atom is 0.165 e. The van der Waals surface area contributed by atoms with Gasteiger partial charge in [0.05, 0.1) is 12.4 Å². The average molecular weight is 268 g/mol. The highest BCUT2D eigenvalue weighted by Gasteiger charge is 2.21. The van der Waals surface area contributed by atoms with Crippen LogP contribution in [0.15, 0.2) is 24.7 Å². The fourth-order valence-corrected chi connectivity index (χ4v) is 3.04. The van der Waals surface area contributed by atoms with Gasteiger partial charge in [-0.25, -0.2) is 4.98 Å². The molecule has 3 N–H and O–H groups in total. The number of nitrogen functional groups attached to an aromatic ring is 1. The zero-order valence-corrected chi connectivity index (χ0v) is 11.1. The van der Waals surface area contributed by atoms with Crippen molar-refractivity contribution in [2.45, 2.75) is 31.6 Å². The van der Waals surface area contributed by atoms with E-state index >= 15 is 0 Å². The van der Waals surface area contributed by atoms with Crippen molar-refractivity contribution in [1.82, 2.24) is 24.8 Å². The van der Waals surface area contributed by atoms with Crippen LogP contribution in [0, 0.1) is 0 Å². The number of H-pyrrole nitrogens is 1. The molecule has 1 fully saturated rings. The summed E-state index contributed by atoms with van der Waals surface area (Å²) in [5.41, 5.74) is 9.98. The number of nitrogens with zero attached hydrogens (tertiary/aromatic N) is 4. The Bertz CT molecular complexity index is 736. The van der Waals surface area contributed by atoms with Crippen molar-refractivity contribution in [2.75, 3.05) is 5.73 Å². The molecular weight excluding hydrogens is 252 g/mol. The van der Waals surface area contributed by atoms with Gasteiger partial charge in [-0.15, -0.1) is 0 Å². The molecule has 6 nitrogen and oxygen atoms in total. The standard InChI is InChI=1S/C14H16N6/c15-13-5-12(9-3-1-2-4-9)19-14-11(8-18-20(13)14)10-6-16-17-7-10/h5-9H,1-4,15H2,(H,16,17). The van der Waals surface area contributed by atoms with Crippen molar-refractivity contribution in [3.05, 3.63) is 30.4 Å². The summed E-state index contributed by atoms with van der Waals surface area (Å²) in [4.78, 5) is 4.81. The molecule has 0 unspecified atom stereocenters. The minimum absolute atomic E-state index is 0.536. The third-order valence-electron chi connectivity index (χ3n) is 4.10. The zero-order valence-electron chi connectivity index (χ0n) is 11.1. The van der Waals surface area contributed by atoms with Gasteiger partial charge in [0, 0.05) is 35.0 Å². The van der Waals surface area contributed by atoms with E-state index in [0.29, 0.717) is 11.7 Å². The quantitative estimate of drug-likeness (QED) is 0.747. The van der Waals surface area contributed by atoms with Gasteiger partial charge in [-0.1, -0.05) is 12.8 Å². The summed E-state index contributed by atoms with van der Waals surface area (Å²) in [5.74, 6) is 1.18. The first kappa shape index (κ1) is 11.5. The predicted molar refractivity (Wildman–Crippen MR) is 76.2 cm³/mol. The highest BCUT2D eigenvalue weighted by molar-refractivity contribution is 5.77. The molecule has 3 aromatic heterocycles. The molecule has 20 heavy (non-hydrogen) atoms. The second-order valence-corrected chi connectivity index (χ2v) is 5.37. The molecule has 0 bridgehead atoms. The fourth-order valence-electron chi connectivity index (χ4n) is 3.04. The van der Waals surface area contributed by atoms with Crippen LogP contribution in [-0.4, -0.2) is 24.8 Å². The Morgan fingerprint density at radius 3 is 2.85 bits per heavy atom. The average Bonchev–Trinajstić information content (AvgIpc) is 3.19. The number of aromatic nitrogens is 5. The molecule has 1 saturated carbocycles. The van der Waals surface area contributed by atoms with Crippen LogP contribution in [0.4, 0.5) is 5.82 Å². The Morgan fingerprint density at radius 1 is 1.25 bits per heavy atom. The van der Waals surface area contributed by atoms with Crippen LogP contribution in [0.25, 0.3) is 16.8 Å². The summed E-state index contributed by atoms with van der Waals surface area (Å²) in [6, 6.07) is 1.97. The van der Waals surface area contributed by atoms with Gasteiger partial charge in [0.15, 0.2) is 5.65 Å². The van der Waals surface area contributed by atoms with Crippen molar-refractivity contribution in [3.8, 4) is 11.1 Å². The van der Waals surface area contributed by atoms with Gasteiger partial charge in [0.25, 0.3) is 0 Å². The van der Waals surface area contributed by atoms with E-state index < -0.39 is 0 Å². The van der Waals surface area contributed by atoms with Gasteiger partial charge in [0.2, 0.25) is 0 Å². The van der Waals surface area contributed by atoms with Crippen LogP contribution in [0.1, 0.15) is 37.3 Å². The highest BCUT2D eigenvalue weighted by Crippen LogP contribution is 2.35. The van der Waals surface area contributed by atoms with E-state index in [1.54, 1.807) is 16.9 Å². The number of hydrogen-bond acceptors (Lipinski definition) is 4. The van der Waals surface area contributed by atoms with E-state index in [1.165, 1.54) is 25.7 Å². The molecule has 6 heteroatoms. The van der Waals surface area contributed by atoms with Gasteiger partial charge in [-0.05, 0) is 12.8 Å². The molecule has 1 aliphatic rings. The second kappa shape index (κ2) is 4.33. The monoisotopic (exact) mass is 268 g/mol. The lowest BCUT2D eigenvalue weighted by molar-refractivity contribution is 0.696. The second-order valence-electron chi connectivity index (χ2n) is 5.37. The van der Waals surface area contributed by atoms with Gasteiger partial charge in [0.1, 0.15) is 5.82 Å². The Hall–Kier alpha value is -2.37. The number of fused-ring (bicyclic) bond motifs is 1. The van der Waals surface area contributed by atoms with E-state index in [2.05, 4.69) is 15.3 Å². The molecule has 4 rings (SSSR count). The first-order valence-corrected chi connectivity index (χ1v) is 6.96. The number of nitrogens with one attached hydrogen (secondary N) is 1. The fraction of sp³-hybridized carbons (Fsp3) is 0.357.